The zero-order valence-electron chi connectivity index (χ0n) is 12.8. The van der Waals surface area contributed by atoms with E-state index >= 15 is 0 Å². The molecule has 0 amide bonds. The minimum atomic E-state index is -0.501. The number of nitrogens with zero attached hydrogens (tertiary/aromatic N) is 2. The second kappa shape index (κ2) is 5.60. The zero-order valence-corrected chi connectivity index (χ0v) is 12.8. The Bertz CT molecular complexity index is 616. The Morgan fingerprint density at radius 1 is 1.29 bits per heavy atom. The average Bonchev–Trinajstić information content (AvgIpc) is 3.04. The minimum Gasteiger partial charge on any atom is -0.337 e. The van der Waals surface area contributed by atoms with Gasteiger partial charge >= 0.3 is 0 Å². The van der Waals surface area contributed by atoms with Gasteiger partial charge in [0.25, 0.3) is 0 Å². The summed E-state index contributed by atoms with van der Waals surface area (Å²) in [6.07, 6.45) is 4.98. The molecule has 0 bridgehead atoms. The van der Waals surface area contributed by atoms with Gasteiger partial charge in [-0.3, -0.25) is 0 Å². The lowest BCUT2D eigenvalue weighted by Gasteiger charge is -2.23. The molecule has 0 fully saturated rings. The third kappa shape index (κ3) is 2.48. The summed E-state index contributed by atoms with van der Waals surface area (Å²) in [6, 6.07) is 8.57. The highest BCUT2D eigenvalue weighted by atomic mass is 16.5. The molecule has 0 radical (unpaired) electrons. The van der Waals surface area contributed by atoms with Crippen LogP contribution >= 0.6 is 0 Å². The number of aromatic nitrogens is 2. The minimum absolute atomic E-state index is 0.241. The molecule has 1 aliphatic carbocycles. The number of aryl methyl sites for hydroxylation is 1. The largest absolute Gasteiger partial charge is 0.337 e. The summed E-state index contributed by atoms with van der Waals surface area (Å²) < 4.78 is 5.49. The molecule has 0 spiro atoms. The summed E-state index contributed by atoms with van der Waals surface area (Å²) in [5.41, 5.74) is 8.61. The number of hydrogen-bond acceptors (Lipinski definition) is 4. The normalized spacial score (nSPS) is 18.5. The van der Waals surface area contributed by atoms with E-state index in [0.717, 1.165) is 31.5 Å². The molecule has 1 unspecified atom stereocenters. The van der Waals surface area contributed by atoms with E-state index in [1.165, 1.54) is 17.5 Å². The number of rotatable bonds is 4. The van der Waals surface area contributed by atoms with Crippen molar-refractivity contribution in [2.24, 2.45) is 5.73 Å². The standard InChI is InChI=1S/C17H23N3O/c1-3-17(18,4-2)16-19-15(20-21-16)14-11-7-9-12-8-5-6-10-13(12)14/h5-6,8,10,14H,3-4,7,9,11,18H2,1-2H3. The molecule has 2 N–H and O–H groups in total. The fourth-order valence-electron chi connectivity index (χ4n) is 3.15. The summed E-state index contributed by atoms with van der Waals surface area (Å²) in [5.74, 6) is 1.60. The van der Waals surface area contributed by atoms with Gasteiger partial charge in [-0.1, -0.05) is 43.3 Å². The van der Waals surface area contributed by atoms with Gasteiger partial charge in [-0.05, 0) is 43.2 Å². The molecule has 1 atom stereocenters. The molecule has 0 saturated carbocycles. The van der Waals surface area contributed by atoms with E-state index in [4.69, 9.17) is 10.3 Å². The van der Waals surface area contributed by atoms with Crippen molar-refractivity contribution in [2.45, 2.75) is 57.4 Å². The van der Waals surface area contributed by atoms with Crippen LogP contribution in [0.3, 0.4) is 0 Å². The van der Waals surface area contributed by atoms with Gasteiger partial charge < -0.3 is 10.3 Å². The Balaban J connectivity index is 1.95. The maximum absolute atomic E-state index is 6.36. The van der Waals surface area contributed by atoms with Crippen LogP contribution in [0.15, 0.2) is 28.8 Å². The SMILES string of the molecule is CCC(N)(CC)c1nc(C2CCCc3ccccc32)no1. The van der Waals surface area contributed by atoms with Crippen molar-refractivity contribution in [3.8, 4) is 0 Å². The van der Waals surface area contributed by atoms with E-state index in [0.29, 0.717) is 5.89 Å². The van der Waals surface area contributed by atoms with Gasteiger partial charge in [0.05, 0.1) is 5.54 Å². The Kier molecular flexibility index (Phi) is 3.81. The van der Waals surface area contributed by atoms with Crippen molar-refractivity contribution in [3.63, 3.8) is 0 Å². The fraction of sp³-hybridized carbons (Fsp3) is 0.529. The van der Waals surface area contributed by atoms with Crippen molar-refractivity contribution in [1.29, 1.82) is 0 Å². The molecule has 4 nitrogen and oxygen atoms in total. The van der Waals surface area contributed by atoms with Gasteiger partial charge in [0.15, 0.2) is 5.82 Å². The third-order valence-corrected chi connectivity index (χ3v) is 4.81. The molecule has 2 aromatic rings. The lowest BCUT2D eigenvalue weighted by molar-refractivity contribution is 0.266. The quantitative estimate of drug-likeness (QED) is 0.933. The van der Waals surface area contributed by atoms with Crippen LogP contribution in [0.25, 0.3) is 0 Å². The van der Waals surface area contributed by atoms with Crippen molar-refractivity contribution in [1.82, 2.24) is 10.1 Å². The second-order valence-electron chi connectivity index (χ2n) is 5.96. The first-order chi connectivity index (χ1) is 10.2. The van der Waals surface area contributed by atoms with E-state index < -0.39 is 5.54 Å². The molecule has 1 aliphatic rings. The summed E-state index contributed by atoms with van der Waals surface area (Å²) in [5, 5.41) is 4.23. The van der Waals surface area contributed by atoms with Crippen molar-refractivity contribution >= 4 is 0 Å². The van der Waals surface area contributed by atoms with Crippen LogP contribution in [-0.2, 0) is 12.0 Å². The van der Waals surface area contributed by atoms with Crippen LogP contribution < -0.4 is 5.73 Å². The number of benzene rings is 1. The van der Waals surface area contributed by atoms with Gasteiger partial charge in [-0.15, -0.1) is 0 Å². The molecule has 1 heterocycles. The molecule has 4 heteroatoms. The van der Waals surface area contributed by atoms with Crippen LogP contribution in [0.1, 0.15) is 68.3 Å². The Morgan fingerprint density at radius 3 is 2.81 bits per heavy atom. The molecular weight excluding hydrogens is 262 g/mol. The van der Waals surface area contributed by atoms with E-state index in [-0.39, 0.29) is 5.92 Å². The number of fused-ring (bicyclic) bond motifs is 1. The molecule has 112 valence electrons. The lowest BCUT2D eigenvalue weighted by atomic mass is 9.82. The van der Waals surface area contributed by atoms with Crippen molar-refractivity contribution < 1.29 is 4.52 Å². The Morgan fingerprint density at radius 2 is 2.05 bits per heavy atom. The summed E-state index contributed by atoms with van der Waals surface area (Å²) in [7, 11) is 0. The predicted molar refractivity (Wildman–Crippen MR) is 82.0 cm³/mol. The molecule has 0 saturated heterocycles. The maximum Gasteiger partial charge on any atom is 0.246 e. The number of hydrogen-bond donors (Lipinski definition) is 1. The first-order valence-corrected chi connectivity index (χ1v) is 7.88. The fourth-order valence-corrected chi connectivity index (χ4v) is 3.15. The zero-order chi connectivity index (χ0) is 14.9. The van der Waals surface area contributed by atoms with Gasteiger partial charge in [0.1, 0.15) is 0 Å². The van der Waals surface area contributed by atoms with Gasteiger partial charge in [0, 0.05) is 5.92 Å². The molecule has 3 rings (SSSR count). The van der Waals surface area contributed by atoms with E-state index in [9.17, 15) is 0 Å². The maximum atomic E-state index is 6.36. The second-order valence-corrected chi connectivity index (χ2v) is 5.96. The molecule has 1 aromatic heterocycles. The Labute approximate surface area is 125 Å². The monoisotopic (exact) mass is 285 g/mol. The van der Waals surface area contributed by atoms with E-state index in [2.05, 4.69) is 48.3 Å². The van der Waals surface area contributed by atoms with Crippen LogP contribution in [0.5, 0.6) is 0 Å². The van der Waals surface area contributed by atoms with E-state index in [1.54, 1.807) is 0 Å². The van der Waals surface area contributed by atoms with Gasteiger partial charge in [-0.2, -0.15) is 4.98 Å². The highest BCUT2D eigenvalue weighted by molar-refractivity contribution is 5.36. The van der Waals surface area contributed by atoms with Gasteiger partial charge in [0.2, 0.25) is 5.89 Å². The summed E-state index contributed by atoms with van der Waals surface area (Å²) >= 11 is 0. The van der Waals surface area contributed by atoms with Crippen LogP contribution in [0.2, 0.25) is 0 Å². The number of nitrogens with two attached hydrogens (primary N) is 1. The van der Waals surface area contributed by atoms with Gasteiger partial charge in [-0.25, -0.2) is 0 Å². The smallest absolute Gasteiger partial charge is 0.246 e. The molecule has 0 aliphatic heterocycles. The molecule has 21 heavy (non-hydrogen) atoms. The summed E-state index contributed by atoms with van der Waals surface area (Å²) in [6.45, 7) is 4.12. The van der Waals surface area contributed by atoms with Crippen LogP contribution in [0, 0.1) is 0 Å². The first-order valence-electron chi connectivity index (χ1n) is 7.88. The summed E-state index contributed by atoms with van der Waals surface area (Å²) in [4.78, 5) is 4.64. The van der Waals surface area contributed by atoms with Crippen molar-refractivity contribution in [3.05, 3.63) is 47.1 Å². The predicted octanol–water partition coefficient (Wildman–Crippen LogP) is 3.51. The lowest BCUT2D eigenvalue weighted by Crippen LogP contribution is -2.35. The van der Waals surface area contributed by atoms with E-state index in [1.807, 2.05) is 0 Å². The first kappa shape index (κ1) is 14.3. The molecule has 1 aromatic carbocycles. The topological polar surface area (TPSA) is 64.9 Å². The van der Waals surface area contributed by atoms with Crippen LogP contribution in [0.4, 0.5) is 0 Å². The highest BCUT2D eigenvalue weighted by Gasteiger charge is 2.32. The third-order valence-electron chi connectivity index (χ3n) is 4.81. The van der Waals surface area contributed by atoms with Crippen molar-refractivity contribution in [2.75, 3.05) is 0 Å². The molecular formula is C17H23N3O. The average molecular weight is 285 g/mol. The van der Waals surface area contributed by atoms with Crippen LogP contribution in [-0.4, -0.2) is 10.1 Å². The highest BCUT2D eigenvalue weighted by Crippen LogP contribution is 2.36. The Hall–Kier alpha value is -1.68.